The summed E-state index contributed by atoms with van der Waals surface area (Å²) in [5, 5.41) is 1.95. The Hall–Kier alpha value is -2.40. The summed E-state index contributed by atoms with van der Waals surface area (Å²) < 4.78 is 0. The van der Waals surface area contributed by atoms with E-state index in [4.69, 9.17) is 0 Å². The SMILES string of the molecule is CCc1ccc(N2C(=O)C(c3cccs3)=C(N3CCC(C)CC3)C2=O)cc1. The van der Waals surface area contributed by atoms with Gasteiger partial charge in [-0.3, -0.25) is 9.59 Å². The Labute approximate surface area is 164 Å². The van der Waals surface area contributed by atoms with Crippen molar-refractivity contribution >= 4 is 34.4 Å². The maximum atomic E-state index is 13.4. The molecule has 0 saturated carbocycles. The Bertz CT molecular complexity index is 876. The lowest BCUT2D eigenvalue weighted by atomic mass is 9.98. The van der Waals surface area contributed by atoms with Crippen molar-refractivity contribution in [2.75, 3.05) is 18.0 Å². The first kappa shape index (κ1) is 18.0. The molecule has 2 aromatic rings. The van der Waals surface area contributed by atoms with Crippen LogP contribution in [0, 0.1) is 5.92 Å². The molecule has 5 heteroatoms. The molecule has 27 heavy (non-hydrogen) atoms. The summed E-state index contributed by atoms with van der Waals surface area (Å²) >= 11 is 1.51. The minimum absolute atomic E-state index is 0.192. The molecule has 0 unspecified atom stereocenters. The van der Waals surface area contributed by atoms with E-state index in [1.165, 1.54) is 21.8 Å². The van der Waals surface area contributed by atoms with Gasteiger partial charge in [0, 0.05) is 18.0 Å². The Kier molecular flexibility index (Phi) is 4.87. The van der Waals surface area contributed by atoms with Gasteiger partial charge in [-0.05, 0) is 54.3 Å². The highest BCUT2D eigenvalue weighted by Crippen LogP contribution is 2.37. The van der Waals surface area contributed by atoms with Gasteiger partial charge in [-0.2, -0.15) is 0 Å². The predicted octanol–water partition coefficient (Wildman–Crippen LogP) is 4.33. The predicted molar refractivity (Wildman–Crippen MR) is 110 cm³/mol. The number of amides is 2. The number of nitrogens with zero attached hydrogens (tertiary/aromatic N) is 2. The molecule has 0 spiro atoms. The number of anilines is 1. The maximum absolute atomic E-state index is 13.4. The smallest absolute Gasteiger partial charge is 0.282 e. The molecule has 0 aliphatic carbocycles. The highest BCUT2D eigenvalue weighted by Gasteiger charge is 2.43. The van der Waals surface area contributed by atoms with Gasteiger partial charge in [0.05, 0.1) is 11.3 Å². The second-order valence-electron chi connectivity index (χ2n) is 7.34. The maximum Gasteiger partial charge on any atom is 0.282 e. The molecule has 3 heterocycles. The van der Waals surface area contributed by atoms with Crippen LogP contribution in [0.25, 0.3) is 5.57 Å². The van der Waals surface area contributed by atoms with Crippen LogP contribution in [0.3, 0.4) is 0 Å². The molecule has 0 radical (unpaired) electrons. The third-order valence-electron chi connectivity index (χ3n) is 5.53. The zero-order valence-electron chi connectivity index (χ0n) is 15.8. The first-order valence-corrected chi connectivity index (χ1v) is 10.5. The molecule has 2 amide bonds. The number of rotatable bonds is 4. The lowest BCUT2D eigenvalue weighted by molar-refractivity contribution is -0.120. The normalized spacial score (nSPS) is 18.7. The van der Waals surface area contributed by atoms with E-state index in [9.17, 15) is 9.59 Å². The highest BCUT2D eigenvalue weighted by atomic mass is 32.1. The van der Waals surface area contributed by atoms with E-state index in [1.54, 1.807) is 0 Å². The number of carbonyl (C=O) groups excluding carboxylic acids is 2. The summed E-state index contributed by atoms with van der Waals surface area (Å²) in [5.74, 6) is 0.263. The van der Waals surface area contributed by atoms with Crippen LogP contribution in [0.5, 0.6) is 0 Å². The lowest BCUT2D eigenvalue weighted by Crippen LogP contribution is -2.38. The van der Waals surface area contributed by atoms with Gasteiger partial charge in [-0.25, -0.2) is 4.90 Å². The van der Waals surface area contributed by atoms with Gasteiger partial charge in [0.1, 0.15) is 5.70 Å². The number of benzene rings is 1. The second-order valence-corrected chi connectivity index (χ2v) is 8.28. The van der Waals surface area contributed by atoms with Gasteiger partial charge >= 0.3 is 0 Å². The molecular weight excluding hydrogens is 356 g/mol. The van der Waals surface area contributed by atoms with Crippen molar-refractivity contribution < 1.29 is 9.59 Å². The van der Waals surface area contributed by atoms with E-state index < -0.39 is 0 Å². The van der Waals surface area contributed by atoms with Gasteiger partial charge in [0.15, 0.2) is 0 Å². The van der Waals surface area contributed by atoms with E-state index in [1.807, 2.05) is 41.8 Å². The standard InChI is InChI=1S/C22H24N2O2S/c1-3-16-6-8-17(9-7-16)24-21(25)19(18-5-4-14-27-18)20(22(24)26)23-12-10-15(2)11-13-23/h4-9,14-15H,3,10-13H2,1-2H3. The molecule has 2 aliphatic rings. The Morgan fingerprint density at radius 3 is 2.33 bits per heavy atom. The topological polar surface area (TPSA) is 40.6 Å². The number of likely N-dealkylation sites (tertiary alicyclic amines) is 1. The van der Waals surface area contributed by atoms with Crippen LogP contribution in [-0.4, -0.2) is 29.8 Å². The average Bonchev–Trinajstić information content (AvgIpc) is 3.29. The van der Waals surface area contributed by atoms with Crippen LogP contribution < -0.4 is 4.90 Å². The van der Waals surface area contributed by atoms with Crippen molar-refractivity contribution in [1.29, 1.82) is 0 Å². The van der Waals surface area contributed by atoms with Crippen LogP contribution in [-0.2, 0) is 16.0 Å². The molecule has 1 fully saturated rings. The molecule has 4 nitrogen and oxygen atoms in total. The number of thiophene rings is 1. The van der Waals surface area contributed by atoms with Gasteiger partial charge < -0.3 is 4.90 Å². The number of aryl methyl sites for hydroxylation is 1. The number of piperidine rings is 1. The quantitative estimate of drug-likeness (QED) is 0.742. The fraction of sp³-hybridized carbons (Fsp3) is 0.364. The summed E-state index contributed by atoms with van der Waals surface area (Å²) in [5.41, 5.74) is 2.98. The largest absolute Gasteiger partial charge is 0.366 e. The van der Waals surface area contributed by atoms with E-state index in [-0.39, 0.29) is 11.8 Å². The summed E-state index contributed by atoms with van der Waals surface area (Å²) in [4.78, 5) is 31.0. The van der Waals surface area contributed by atoms with Gasteiger partial charge in [-0.1, -0.05) is 32.0 Å². The number of carbonyl (C=O) groups is 2. The number of hydrogen-bond donors (Lipinski definition) is 0. The summed E-state index contributed by atoms with van der Waals surface area (Å²) in [6.07, 6.45) is 3.03. The van der Waals surface area contributed by atoms with Gasteiger partial charge in [0.25, 0.3) is 11.8 Å². The first-order chi connectivity index (χ1) is 13.1. The number of hydrogen-bond acceptors (Lipinski definition) is 4. The molecule has 0 bridgehead atoms. The minimum Gasteiger partial charge on any atom is -0.366 e. The summed E-state index contributed by atoms with van der Waals surface area (Å²) in [6, 6.07) is 11.6. The number of imide groups is 1. The van der Waals surface area contributed by atoms with Crippen molar-refractivity contribution in [3.63, 3.8) is 0 Å². The van der Waals surface area contributed by atoms with Crippen molar-refractivity contribution in [1.82, 2.24) is 4.90 Å². The molecular formula is C22H24N2O2S. The third-order valence-corrected chi connectivity index (χ3v) is 6.42. The van der Waals surface area contributed by atoms with Crippen molar-refractivity contribution in [2.45, 2.75) is 33.1 Å². The average molecular weight is 381 g/mol. The Morgan fingerprint density at radius 2 is 1.74 bits per heavy atom. The molecule has 2 aliphatic heterocycles. The molecule has 0 N–H and O–H groups in total. The van der Waals surface area contributed by atoms with Crippen molar-refractivity contribution in [3.05, 3.63) is 57.9 Å². The fourth-order valence-electron chi connectivity index (χ4n) is 3.80. The Morgan fingerprint density at radius 1 is 1.04 bits per heavy atom. The van der Waals surface area contributed by atoms with Crippen LogP contribution in [0.2, 0.25) is 0 Å². The van der Waals surface area contributed by atoms with Crippen LogP contribution in [0.1, 0.15) is 37.1 Å². The van der Waals surface area contributed by atoms with Crippen molar-refractivity contribution in [2.24, 2.45) is 5.92 Å². The van der Waals surface area contributed by atoms with E-state index >= 15 is 0 Å². The molecule has 1 aromatic carbocycles. The summed E-state index contributed by atoms with van der Waals surface area (Å²) in [7, 11) is 0. The Balaban J connectivity index is 1.74. The van der Waals surface area contributed by atoms with E-state index in [0.717, 1.165) is 37.2 Å². The molecule has 1 aromatic heterocycles. The molecule has 1 saturated heterocycles. The fourth-order valence-corrected chi connectivity index (χ4v) is 4.56. The van der Waals surface area contributed by atoms with Crippen molar-refractivity contribution in [3.8, 4) is 0 Å². The molecule has 140 valence electrons. The van der Waals surface area contributed by atoms with Gasteiger partial charge in [-0.15, -0.1) is 11.3 Å². The van der Waals surface area contributed by atoms with Gasteiger partial charge in [0.2, 0.25) is 0 Å². The lowest BCUT2D eigenvalue weighted by Gasteiger charge is -2.32. The van der Waals surface area contributed by atoms with Crippen LogP contribution in [0.15, 0.2) is 47.5 Å². The molecule has 4 rings (SSSR count). The monoisotopic (exact) mass is 380 g/mol. The van der Waals surface area contributed by atoms with Crippen LogP contribution in [0.4, 0.5) is 5.69 Å². The summed E-state index contributed by atoms with van der Waals surface area (Å²) in [6.45, 7) is 5.99. The first-order valence-electron chi connectivity index (χ1n) is 9.61. The highest BCUT2D eigenvalue weighted by molar-refractivity contribution is 7.11. The third kappa shape index (κ3) is 3.21. The van der Waals surface area contributed by atoms with E-state index in [0.29, 0.717) is 22.9 Å². The minimum atomic E-state index is -0.208. The second kappa shape index (κ2) is 7.31. The zero-order valence-corrected chi connectivity index (χ0v) is 16.6. The molecule has 0 atom stereocenters. The zero-order chi connectivity index (χ0) is 19.0. The van der Waals surface area contributed by atoms with Crippen LogP contribution >= 0.6 is 11.3 Å². The van der Waals surface area contributed by atoms with E-state index in [2.05, 4.69) is 18.7 Å².